The first-order valence-corrected chi connectivity index (χ1v) is 8.87. The number of hydrogen-bond donors (Lipinski definition) is 2. The zero-order valence-corrected chi connectivity index (χ0v) is 15.0. The first kappa shape index (κ1) is 18.3. The maximum absolute atomic E-state index is 12.6. The average Bonchev–Trinajstić information content (AvgIpc) is 3.02. The highest BCUT2D eigenvalue weighted by Crippen LogP contribution is 2.26. The van der Waals surface area contributed by atoms with E-state index in [4.69, 9.17) is 5.11 Å². The van der Waals surface area contributed by atoms with Gasteiger partial charge < -0.3 is 20.0 Å². The van der Waals surface area contributed by atoms with E-state index < -0.39 is 0 Å². The van der Waals surface area contributed by atoms with E-state index in [-0.39, 0.29) is 31.0 Å². The van der Waals surface area contributed by atoms with E-state index in [0.717, 1.165) is 22.1 Å². The molecular weight excluding hydrogens is 314 g/mol. The standard InChI is InChI=1S/C16H27N3O3S/c1-11-15(23-12(2)17-11)6-16(22)19-8-13(14(9-19)10-21)7-18(3)4-5-20/h13-14,20-21H,4-10H2,1-3H3/t13-,14-/m1/s1. The fraction of sp³-hybridized carbons (Fsp3) is 0.750. The number of amides is 1. The molecule has 0 aromatic carbocycles. The minimum Gasteiger partial charge on any atom is -0.396 e. The number of likely N-dealkylation sites (N-methyl/N-ethyl adjacent to an activating group) is 1. The molecule has 2 atom stereocenters. The van der Waals surface area contributed by atoms with Gasteiger partial charge in [-0.15, -0.1) is 11.3 Å². The Morgan fingerprint density at radius 2 is 2.04 bits per heavy atom. The molecule has 7 heteroatoms. The summed E-state index contributed by atoms with van der Waals surface area (Å²) in [5, 5.41) is 19.6. The van der Waals surface area contributed by atoms with E-state index in [1.54, 1.807) is 11.3 Å². The third-order valence-corrected chi connectivity index (χ3v) is 5.58. The Balaban J connectivity index is 1.95. The summed E-state index contributed by atoms with van der Waals surface area (Å²) in [5.74, 6) is 0.483. The number of likely N-dealkylation sites (tertiary alicyclic amines) is 1. The maximum atomic E-state index is 12.6. The lowest BCUT2D eigenvalue weighted by molar-refractivity contribution is -0.129. The van der Waals surface area contributed by atoms with Crippen LogP contribution < -0.4 is 0 Å². The molecule has 23 heavy (non-hydrogen) atoms. The van der Waals surface area contributed by atoms with Gasteiger partial charge in [0.15, 0.2) is 0 Å². The Morgan fingerprint density at radius 3 is 2.61 bits per heavy atom. The summed E-state index contributed by atoms with van der Waals surface area (Å²) in [4.78, 5) is 21.9. The summed E-state index contributed by atoms with van der Waals surface area (Å²) < 4.78 is 0. The molecule has 1 aromatic rings. The van der Waals surface area contributed by atoms with Gasteiger partial charge in [-0.05, 0) is 26.8 Å². The van der Waals surface area contributed by atoms with Crippen molar-refractivity contribution in [3.05, 3.63) is 15.6 Å². The van der Waals surface area contributed by atoms with E-state index in [1.165, 1.54) is 0 Å². The van der Waals surface area contributed by atoms with Crippen molar-refractivity contribution in [2.75, 3.05) is 46.4 Å². The maximum Gasteiger partial charge on any atom is 0.227 e. The largest absolute Gasteiger partial charge is 0.396 e. The second-order valence-electron chi connectivity index (χ2n) is 6.41. The second kappa shape index (κ2) is 8.19. The SMILES string of the molecule is Cc1nc(C)c(CC(=O)N2C[C@@H](CN(C)CCO)[C@@H](CO)C2)s1. The highest BCUT2D eigenvalue weighted by atomic mass is 32.1. The van der Waals surface area contributed by atoms with Crippen molar-refractivity contribution >= 4 is 17.2 Å². The molecular formula is C16H27N3O3S. The van der Waals surface area contributed by atoms with Crippen LogP contribution in [0, 0.1) is 25.7 Å². The van der Waals surface area contributed by atoms with Crippen molar-refractivity contribution in [3.63, 3.8) is 0 Å². The monoisotopic (exact) mass is 341 g/mol. The highest BCUT2D eigenvalue weighted by Gasteiger charge is 2.35. The molecule has 0 saturated carbocycles. The van der Waals surface area contributed by atoms with Gasteiger partial charge in [-0.1, -0.05) is 0 Å². The average molecular weight is 341 g/mol. The van der Waals surface area contributed by atoms with Gasteiger partial charge in [0.2, 0.25) is 5.91 Å². The van der Waals surface area contributed by atoms with Crippen molar-refractivity contribution < 1.29 is 15.0 Å². The number of rotatable bonds is 7. The van der Waals surface area contributed by atoms with Crippen LogP contribution in [0.15, 0.2) is 0 Å². The van der Waals surface area contributed by atoms with E-state index in [0.29, 0.717) is 26.1 Å². The quantitative estimate of drug-likeness (QED) is 0.746. The fourth-order valence-electron chi connectivity index (χ4n) is 3.21. The van der Waals surface area contributed by atoms with Crippen LogP contribution in [0.5, 0.6) is 0 Å². The molecule has 1 aliphatic rings. The van der Waals surface area contributed by atoms with Gasteiger partial charge in [-0.2, -0.15) is 0 Å². The van der Waals surface area contributed by atoms with Gasteiger partial charge in [0.05, 0.1) is 23.7 Å². The van der Waals surface area contributed by atoms with Gasteiger partial charge in [-0.3, -0.25) is 4.79 Å². The minimum atomic E-state index is 0.0973. The highest BCUT2D eigenvalue weighted by molar-refractivity contribution is 7.11. The predicted molar refractivity (Wildman–Crippen MR) is 90.5 cm³/mol. The van der Waals surface area contributed by atoms with Crippen LogP contribution in [0.1, 0.15) is 15.6 Å². The van der Waals surface area contributed by atoms with Crippen LogP contribution in [-0.4, -0.2) is 77.3 Å². The fourth-order valence-corrected chi connectivity index (χ4v) is 4.13. The first-order chi connectivity index (χ1) is 10.9. The van der Waals surface area contributed by atoms with E-state index in [2.05, 4.69) is 9.88 Å². The molecule has 6 nitrogen and oxygen atoms in total. The molecule has 1 amide bonds. The molecule has 130 valence electrons. The van der Waals surface area contributed by atoms with Gasteiger partial charge in [0, 0.05) is 43.6 Å². The number of carbonyl (C=O) groups is 1. The Hall–Kier alpha value is -1.02. The number of hydrogen-bond acceptors (Lipinski definition) is 6. The zero-order valence-electron chi connectivity index (χ0n) is 14.2. The minimum absolute atomic E-state index is 0.0973. The van der Waals surface area contributed by atoms with Crippen LogP contribution in [0.3, 0.4) is 0 Å². The summed E-state index contributed by atoms with van der Waals surface area (Å²) in [6.07, 6.45) is 0.398. The summed E-state index contributed by atoms with van der Waals surface area (Å²) in [7, 11) is 1.96. The lowest BCUT2D eigenvalue weighted by Gasteiger charge is -2.23. The predicted octanol–water partition coefficient (Wildman–Crippen LogP) is 0.293. The Kier molecular flexibility index (Phi) is 6.52. The number of nitrogens with zero attached hydrogens (tertiary/aromatic N) is 3. The lowest BCUT2D eigenvalue weighted by atomic mass is 9.96. The molecule has 0 aliphatic carbocycles. The molecule has 1 saturated heterocycles. The molecule has 1 aromatic heterocycles. The molecule has 0 bridgehead atoms. The van der Waals surface area contributed by atoms with Crippen LogP contribution in [0.25, 0.3) is 0 Å². The van der Waals surface area contributed by atoms with Gasteiger partial charge >= 0.3 is 0 Å². The van der Waals surface area contributed by atoms with Gasteiger partial charge in [0.25, 0.3) is 0 Å². The van der Waals surface area contributed by atoms with Crippen LogP contribution >= 0.6 is 11.3 Å². The number of aliphatic hydroxyl groups is 2. The first-order valence-electron chi connectivity index (χ1n) is 8.05. The smallest absolute Gasteiger partial charge is 0.227 e. The van der Waals surface area contributed by atoms with E-state index in [9.17, 15) is 9.90 Å². The number of aliphatic hydroxyl groups excluding tert-OH is 2. The van der Waals surface area contributed by atoms with E-state index in [1.807, 2.05) is 25.8 Å². The Labute approximate surface area is 141 Å². The Bertz CT molecular complexity index is 535. The third kappa shape index (κ3) is 4.73. The number of aryl methyl sites for hydroxylation is 2. The Morgan fingerprint density at radius 1 is 1.35 bits per heavy atom. The molecule has 2 heterocycles. The van der Waals surface area contributed by atoms with Crippen LogP contribution in [0.4, 0.5) is 0 Å². The van der Waals surface area contributed by atoms with Crippen LogP contribution in [-0.2, 0) is 11.2 Å². The number of aromatic nitrogens is 1. The zero-order chi connectivity index (χ0) is 17.0. The summed E-state index contributed by atoms with van der Waals surface area (Å²) >= 11 is 1.58. The van der Waals surface area contributed by atoms with Crippen LogP contribution in [0.2, 0.25) is 0 Å². The summed E-state index contributed by atoms with van der Waals surface area (Å²) in [6.45, 7) is 6.81. The molecule has 1 aliphatic heterocycles. The molecule has 2 N–H and O–H groups in total. The molecule has 0 radical (unpaired) electrons. The molecule has 2 rings (SSSR count). The number of thiazole rings is 1. The van der Waals surface area contributed by atoms with Crippen molar-refractivity contribution in [2.24, 2.45) is 11.8 Å². The van der Waals surface area contributed by atoms with Crippen molar-refractivity contribution in [1.82, 2.24) is 14.8 Å². The van der Waals surface area contributed by atoms with Crippen molar-refractivity contribution in [2.45, 2.75) is 20.3 Å². The van der Waals surface area contributed by atoms with Crippen molar-refractivity contribution in [1.29, 1.82) is 0 Å². The molecule has 0 unspecified atom stereocenters. The van der Waals surface area contributed by atoms with Gasteiger partial charge in [-0.25, -0.2) is 4.98 Å². The second-order valence-corrected chi connectivity index (χ2v) is 7.69. The normalized spacial score (nSPS) is 21.4. The third-order valence-electron chi connectivity index (χ3n) is 4.50. The van der Waals surface area contributed by atoms with Gasteiger partial charge in [0.1, 0.15) is 0 Å². The molecule has 0 spiro atoms. The summed E-state index contributed by atoms with van der Waals surface area (Å²) in [5.41, 5.74) is 0.943. The van der Waals surface area contributed by atoms with Crippen molar-refractivity contribution in [3.8, 4) is 0 Å². The topological polar surface area (TPSA) is 76.9 Å². The molecule has 1 fully saturated rings. The summed E-state index contributed by atoms with van der Waals surface area (Å²) in [6, 6.07) is 0. The van der Waals surface area contributed by atoms with E-state index >= 15 is 0 Å². The lowest BCUT2D eigenvalue weighted by Crippen LogP contribution is -2.33. The number of carbonyl (C=O) groups excluding carboxylic acids is 1.